The minimum absolute atomic E-state index is 0.402. The van der Waals surface area contributed by atoms with E-state index in [2.05, 4.69) is 20.4 Å². The van der Waals surface area contributed by atoms with Crippen LogP contribution in [-0.4, -0.2) is 24.4 Å². The zero-order valence-corrected chi connectivity index (χ0v) is 9.11. The fourth-order valence-corrected chi connectivity index (χ4v) is 2.06. The van der Waals surface area contributed by atoms with Gasteiger partial charge in [-0.25, -0.2) is 0 Å². The van der Waals surface area contributed by atoms with Gasteiger partial charge in [0.05, 0.1) is 12.2 Å². The summed E-state index contributed by atoms with van der Waals surface area (Å²) >= 11 is 0. The van der Waals surface area contributed by atoms with Gasteiger partial charge in [0.15, 0.2) is 0 Å². The van der Waals surface area contributed by atoms with Crippen LogP contribution in [0.5, 0.6) is 0 Å². The maximum absolute atomic E-state index is 5.61. The average molecular weight is 196 g/mol. The van der Waals surface area contributed by atoms with Crippen molar-refractivity contribution in [3.8, 4) is 0 Å². The molecule has 80 valence electrons. The monoisotopic (exact) mass is 196 g/mol. The smallest absolute Gasteiger partial charge is 0.113 e. The molecule has 14 heavy (non-hydrogen) atoms. The molecule has 0 aromatic rings. The van der Waals surface area contributed by atoms with Gasteiger partial charge in [0, 0.05) is 0 Å². The first kappa shape index (κ1) is 10.2. The lowest BCUT2D eigenvalue weighted by Gasteiger charge is -1.97. The number of rotatable bonds is 6. The summed E-state index contributed by atoms with van der Waals surface area (Å²) in [6, 6.07) is 0. The van der Waals surface area contributed by atoms with Crippen LogP contribution in [0.25, 0.3) is 0 Å². The van der Waals surface area contributed by atoms with Crippen molar-refractivity contribution in [2.75, 3.05) is 0 Å². The minimum Gasteiger partial charge on any atom is -0.367 e. The number of hydrogen-bond donors (Lipinski definition) is 0. The van der Waals surface area contributed by atoms with E-state index in [9.17, 15) is 0 Å². The van der Waals surface area contributed by atoms with Crippen molar-refractivity contribution in [3.63, 3.8) is 0 Å². The molecule has 2 aliphatic rings. The van der Waals surface area contributed by atoms with Crippen molar-refractivity contribution in [1.29, 1.82) is 0 Å². The summed E-state index contributed by atoms with van der Waals surface area (Å²) in [5, 5.41) is 0. The van der Waals surface area contributed by atoms with E-state index in [0.717, 1.165) is 18.8 Å². The minimum atomic E-state index is 0.402. The molecule has 2 saturated heterocycles. The van der Waals surface area contributed by atoms with Gasteiger partial charge < -0.3 is 9.47 Å². The molecule has 4 unspecified atom stereocenters. The SMILES string of the molecule is C=CCCC1OC1C1OC1CC(C)C. The Morgan fingerprint density at radius 3 is 2.50 bits per heavy atom. The van der Waals surface area contributed by atoms with E-state index in [-0.39, 0.29) is 0 Å². The van der Waals surface area contributed by atoms with Crippen LogP contribution in [0.2, 0.25) is 0 Å². The number of hydrogen-bond acceptors (Lipinski definition) is 2. The maximum atomic E-state index is 5.61. The molecule has 0 aliphatic carbocycles. The van der Waals surface area contributed by atoms with E-state index in [0.29, 0.717) is 24.4 Å². The van der Waals surface area contributed by atoms with Crippen LogP contribution in [0.3, 0.4) is 0 Å². The Hall–Kier alpha value is -0.340. The molecule has 0 amide bonds. The predicted octanol–water partition coefficient (Wildman–Crippen LogP) is 2.53. The highest BCUT2D eigenvalue weighted by Crippen LogP contribution is 2.42. The average Bonchev–Trinajstić information content (AvgIpc) is 2.94. The molecule has 0 bridgehead atoms. The highest BCUT2D eigenvalue weighted by Gasteiger charge is 2.56. The largest absolute Gasteiger partial charge is 0.367 e. The Balaban J connectivity index is 1.62. The molecule has 0 radical (unpaired) electrons. The van der Waals surface area contributed by atoms with Crippen LogP contribution in [0, 0.1) is 5.92 Å². The van der Waals surface area contributed by atoms with Gasteiger partial charge in [-0.3, -0.25) is 0 Å². The lowest BCUT2D eigenvalue weighted by atomic mass is 10.0. The second kappa shape index (κ2) is 4.03. The van der Waals surface area contributed by atoms with Crippen LogP contribution >= 0.6 is 0 Å². The standard InChI is InChI=1S/C12H20O2/c1-4-5-6-9-11(13-9)12-10(14-12)7-8(2)3/h4,8-12H,1,5-7H2,2-3H3. The number of epoxide rings is 2. The van der Waals surface area contributed by atoms with Gasteiger partial charge in [0.2, 0.25) is 0 Å². The van der Waals surface area contributed by atoms with E-state index in [1.54, 1.807) is 0 Å². The van der Waals surface area contributed by atoms with Gasteiger partial charge in [-0.15, -0.1) is 6.58 Å². The molecule has 2 aliphatic heterocycles. The normalized spacial score (nSPS) is 39.9. The third-order valence-corrected chi connectivity index (χ3v) is 2.93. The fourth-order valence-electron chi connectivity index (χ4n) is 2.06. The third kappa shape index (κ3) is 2.37. The van der Waals surface area contributed by atoms with Gasteiger partial charge in [-0.1, -0.05) is 19.9 Å². The van der Waals surface area contributed by atoms with Gasteiger partial charge in [-0.05, 0) is 25.2 Å². The molecule has 0 aromatic carbocycles. The zero-order chi connectivity index (χ0) is 10.1. The molecule has 2 heteroatoms. The van der Waals surface area contributed by atoms with E-state index in [1.165, 1.54) is 6.42 Å². The summed E-state index contributed by atoms with van der Waals surface area (Å²) in [4.78, 5) is 0. The summed E-state index contributed by atoms with van der Waals surface area (Å²) in [6.07, 6.45) is 7.05. The van der Waals surface area contributed by atoms with Gasteiger partial charge in [0.25, 0.3) is 0 Å². The predicted molar refractivity (Wildman–Crippen MR) is 56.2 cm³/mol. The molecule has 0 saturated carbocycles. The zero-order valence-electron chi connectivity index (χ0n) is 9.11. The Morgan fingerprint density at radius 1 is 1.21 bits per heavy atom. The van der Waals surface area contributed by atoms with Crippen molar-refractivity contribution < 1.29 is 9.47 Å². The Morgan fingerprint density at radius 2 is 1.86 bits per heavy atom. The Kier molecular flexibility index (Phi) is 2.93. The lowest BCUT2D eigenvalue weighted by molar-refractivity contribution is 0.301. The summed E-state index contributed by atoms with van der Waals surface area (Å²) in [5.74, 6) is 0.732. The molecular weight excluding hydrogens is 176 g/mol. The molecule has 0 spiro atoms. The summed E-state index contributed by atoms with van der Waals surface area (Å²) in [6.45, 7) is 8.19. The second-order valence-corrected chi connectivity index (χ2v) is 4.77. The van der Waals surface area contributed by atoms with E-state index >= 15 is 0 Å². The molecule has 2 heterocycles. The highest BCUT2D eigenvalue weighted by atomic mass is 16.7. The van der Waals surface area contributed by atoms with Crippen molar-refractivity contribution in [2.45, 2.75) is 57.5 Å². The van der Waals surface area contributed by atoms with E-state index < -0.39 is 0 Å². The van der Waals surface area contributed by atoms with Gasteiger partial charge in [-0.2, -0.15) is 0 Å². The lowest BCUT2D eigenvalue weighted by Crippen LogP contribution is -2.07. The van der Waals surface area contributed by atoms with E-state index in [1.807, 2.05) is 6.08 Å². The topological polar surface area (TPSA) is 25.1 Å². The first-order valence-electron chi connectivity index (χ1n) is 5.64. The van der Waals surface area contributed by atoms with Crippen molar-refractivity contribution in [1.82, 2.24) is 0 Å². The first-order valence-corrected chi connectivity index (χ1v) is 5.64. The van der Waals surface area contributed by atoms with Crippen LogP contribution in [-0.2, 0) is 9.47 Å². The molecule has 0 N–H and O–H groups in total. The Labute approximate surface area is 86.3 Å². The summed E-state index contributed by atoms with van der Waals surface area (Å²) < 4.78 is 11.2. The van der Waals surface area contributed by atoms with Crippen LogP contribution in [0.15, 0.2) is 12.7 Å². The van der Waals surface area contributed by atoms with Crippen molar-refractivity contribution >= 4 is 0 Å². The second-order valence-electron chi connectivity index (χ2n) is 4.77. The molecular formula is C12H20O2. The highest BCUT2D eigenvalue weighted by molar-refractivity contribution is 5.03. The molecule has 4 atom stereocenters. The van der Waals surface area contributed by atoms with Crippen LogP contribution < -0.4 is 0 Å². The van der Waals surface area contributed by atoms with Crippen molar-refractivity contribution in [3.05, 3.63) is 12.7 Å². The summed E-state index contributed by atoms with van der Waals surface area (Å²) in [7, 11) is 0. The molecule has 2 rings (SSSR count). The summed E-state index contributed by atoms with van der Waals surface area (Å²) in [5.41, 5.74) is 0. The Bertz CT molecular complexity index is 212. The molecule has 0 aromatic heterocycles. The first-order chi connectivity index (χ1) is 6.72. The van der Waals surface area contributed by atoms with Crippen molar-refractivity contribution in [2.24, 2.45) is 5.92 Å². The number of allylic oxidation sites excluding steroid dienone is 1. The third-order valence-electron chi connectivity index (χ3n) is 2.93. The quantitative estimate of drug-likeness (QED) is 0.482. The van der Waals surface area contributed by atoms with Crippen LogP contribution in [0.4, 0.5) is 0 Å². The molecule has 2 fully saturated rings. The number of ether oxygens (including phenoxy) is 2. The maximum Gasteiger partial charge on any atom is 0.113 e. The van der Waals surface area contributed by atoms with Gasteiger partial charge >= 0.3 is 0 Å². The van der Waals surface area contributed by atoms with E-state index in [4.69, 9.17) is 9.47 Å². The van der Waals surface area contributed by atoms with Crippen LogP contribution in [0.1, 0.15) is 33.1 Å². The molecule has 2 nitrogen and oxygen atoms in total. The fraction of sp³-hybridized carbons (Fsp3) is 0.833. The van der Waals surface area contributed by atoms with Gasteiger partial charge in [0.1, 0.15) is 12.2 Å².